The Morgan fingerprint density at radius 1 is 0.809 bits per heavy atom. The molecule has 0 spiro atoms. The van der Waals surface area contributed by atoms with Crippen molar-refractivity contribution >= 4 is 66.7 Å². The Kier molecular flexibility index (Phi) is 12.0. The van der Waals surface area contributed by atoms with Gasteiger partial charge in [-0.15, -0.1) is 0 Å². The predicted molar refractivity (Wildman–Crippen MR) is 191 cm³/mol. The minimum atomic E-state index is -4.29. The number of rotatable bonds is 12. The highest BCUT2D eigenvalue weighted by Crippen LogP contribution is 2.35. The minimum Gasteiger partial charge on any atom is -0.352 e. The molecule has 0 aliphatic heterocycles. The number of benzene rings is 4. The first kappa shape index (κ1) is 35.0. The summed E-state index contributed by atoms with van der Waals surface area (Å²) < 4.78 is 30.2. The predicted octanol–water partition coefficient (Wildman–Crippen LogP) is 8.04. The maximum Gasteiger partial charge on any atom is 0.264 e. The van der Waals surface area contributed by atoms with Crippen molar-refractivity contribution in [1.29, 1.82) is 0 Å². The summed E-state index contributed by atoms with van der Waals surface area (Å²) >= 11 is 16.4. The van der Waals surface area contributed by atoms with Crippen molar-refractivity contribution in [3.05, 3.63) is 129 Å². The van der Waals surface area contributed by atoms with E-state index in [0.29, 0.717) is 0 Å². The number of nitrogens with zero attached hydrogens (tertiary/aromatic N) is 2. The first-order valence-electron chi connectivity index (χ1n) is 15.5. The van der Waals surface area contributed by atoms with E-state index in [-0.39, 0.29) is 45.5 Å². The summed E-state index contributed by atoms with van der Waals surface area (Å²) in [5.41, 5.74) is 1.71. The molecule has 1 atom stereocenters. The summed E-state index contributed by atoms with van der Waals surface area (Å²) in [4.78, 5) is 30.3. The fourth-order valence-corrected chi connectivity index (χ4v) is 7.96. The molecule has 246 valence electrons. The molecule has 2 amide bonds. The van der Waals surface area contributed by atoms with Crippen LogP contribution in [0.15, 0.2) is 112 Å². The van der Waals surface area contributed by atoms with Gasteiger partial charge in [0, 0.05) is 23.5 Å². The lowest BCUT2D eigenvalue weighted by Crippen LogP contribution is -2.55. The molecule has 1 fully saturated rings. The Balaban J connectivity index is 1.58. The molecule has 5 rings (SSSR count). The van der Waals surface area contributed by atoms with E-state index < -0.39 is 28.5 Å². The largest absolute Gasteiger partial charge is 0.352 e. The second-order valence-electron chi connectivity index (χ2n) is 11.6. The maximum absolute atomic E-state index is 14.7. The van der Waals surface area contributed by atoms with Crippen molar-refractivity contribution in [3.63, 3.8) is 0 Å². The van der Waals surface area contributed by atoms with Crippen molar-refractivity contribution in [2.45, 2.75) is 62.0 Å². The van der Waals surface area contributed by atoms with Crippen molar-refractivity contribution in [2.75, 3.05) is 10.8 Å². The average Bonchev–Trinajstić information content (AvgIpc) is 3.08. The number of anilines is 1. The second kappa shape index (κ2) is 16.2. The number of hydrogen-bond donors (Lipinski definition) is 1. The molecule has 4 aromatic rings. The van der Waals surface area contributed by atoms with Gasteiger partial charge in [0.15, 0.2) is 0 Å². The van der Waals surface area contributed by atoms with Crippen molar-refractivity contribution in [2.24, 2.45) is 0 Å². The Labute approximate surface area is 295 Å². The molecule has 7 nitrogen and oxygen atoms in total. The van der Waals surface area contributed by atoms with E-state index in [0.717, 1.165) is 52.0 Å². The number of sulfonamides is 1. The molecule has 0 aromatic heterocycles. The molecule has 47 heavy (non-hydrogen) atoms. The van der Waals surface area contributed by atoms with E-state index in [1.807, 2.05) is 54.6 Å². The summed E-state index contributed by atoms with van der Waals surface area (Å²) in [7, 11) is -4.29. The van der Waals surface area contributed by atoms with Crippen LogP contribution in [0.25, 0.3) is 0 Å². The normalized spacial score (nSPS) is 14.3. The molecular formula is C36H36BrCl2N3O4S. The molecule has 1 aliphatic carbocycles. The first-order chi connectivity index (χ1) is 22.6. The van der Waals surface area contributed by atoms with Crippen molar-refractivity contribution in [1.82, 2.24) is 10.2 Å². The second-order valence-corrected chi connectivity index (χ2v) is 15.2. The zero-order valence-corrected chi connectivity index (χ0v) is 29.6. The van der Waals surface area contributed by atoms with Crippen LogP contribution in [0.3, 0.4) is 0 Å². The van der Waals surface area contributed by atoms with Gasteiger partial charge in [-0.25, -0.2) is 8.42 Å². The van der Waals surface area contributed by atoms with Crippen LogP contribution in [0.4, 0.5) is 5.69 Å². The standard InChI is InChI=1S/C36H36BrCl2N3O4S/c37-28-21-19-27(20-22-28)24-41(33(23-26-11-4-1-5-12-26)36(44)40-29-13-6-2-7-14-29)34(43)25-42(32-18-10-17-31(38)35(32)39)47(45,46)30-15-8-3-9-16-30/h1,3-5,8-12,15-22,29,33H,2,6-7,13-14,23-25H2,(H,40,44)/t33-/m0/s1. The molecule has 0 saturated heterocycles. The SMILES string of the molecule is O=C(NC1CCCCC1)[C@H](Cc1ccccc1)N(Cc1ccc(Br)cc1)C(=O)CN(c1cccc(Cl)c1Cl)S(=O)(=O)c1ccccc1. The summed E-state index contributed by atoms with van der Waals surface area (Å²) in [5.74, 6) is -0.840. The van der Waals surface area contributed by atoms with Gasteiger partial charge in [0.25, 0.3) is 10.0 Å². The van der Waals surface area contributed by atoms with Gasteiger partial charge in [-0.05, 0) is 60.4 Å². The topological polar surface area (TPSA) is 86.8 Å². The third-order valence-electron chi connectivity index (χ3n) is 8.30. The summed E-state index contributed by atoms with van der Waals surface area (Å²) in [6.45, 7) is -0.542. The summed E-state index contributed by atoms with van der Waals surface area (Å²) in [6, 6.07) is 28.6. The molecule has 1 aliphatic rings. The quantitative estimate of drug-likeness (QED) is 0.159. The van der Waals surface area contributed by atoms with Gasteiger partial charge < -0.3 is 10.2 Å². The first-order valence-corrected chi connectivity index (χ1v) is 18.5. The molecule has 0 bridgehead atoms. The van der Waals surface area contributed by atoms with Crippen LogP contribution in [-0.2, 0) is 32.6 Å². The minimum absolute atomic E-state index is 0.00295. The van der Waals surface area contributed by atoms with Crippen molar-refractivity contribution in [3.8, 4) is 0 Å². The van der Waals surface area contributed by atoms with Crippen LogP contribution >= 0.6 is 39.1 Å². The van der Waals surface area contributed by atoms with Crippen LogP contribution in [-0.4, -0.2) is 43.8 Å². The van der Waals surface area contributed by atoms with Crippen LogP contribution < -0.4 is 9.62 Å². The van der Waals surface area contributed by atoms with Crippen molar-refractivity contribution < 1.29 is 18.0 Å². The van der Waals surface area contributed by atoms with Gasteiger partial charge in [0.1, 0.15) is 12.6 Å². The zero-order valence-electron chi connectivity index (χ0n) is 25.7. The van der Waals surface area contributed by atoms with E-state index in [9.17, 15) is 18.0 Å². The summed E-state index contributed by atoms with van der Waals surface area (Å²) in [6.07, 6.45) is 5.18. The highest BCUT2D eigenvalue weighted by atomic mass is 79.9. The van der Waals surface area contributed by atoms with E-state index in [1.54, 1.807) is 30.3 Å². The number of amides is 2. The van der Waals surface area contributed by atoms with Gasteiger partial charge >= 0.3 is 0 Å². The lowest BCUT2D eigenvalue weighted by Gasteiger charge is -2.35. The zero-order chi connectivity index (χ0) is 33.4. The maximum atomic E-state index is 14.7. The number of halogens is 3. The van der Waals surface area contributed by atoms with Gasteiger partial charge in [0.2, 0.25) is 11.8 Å². The molecule has 0 radical (unpaired) electrons. The third-order valence-corrected chi connectivity index (χ3v) is 11.4. The smallest absolute Gasteiger partial charge is 0.264 e. The molecule has 11 heteroatoms. The highest BCUT2D eigenvalue weighted by Gasteiger charge is 2.36. The Hall–Kier alpha value is -3.37. The van der Waals surface area contributed by atoms with E-state index in [4.69, 9.17) is 23.2 Å². The molecular weight excluding hydrogens is 721 g/mol. The van der Waals surface area contributed by atoms with Crippen LogP contribution in [0.1, 0.15) is 43.2 Å². The van der Waals surface area contributed by atoms with E-state index >= 15 is 0 Å². The molecule has 0 unspecified atom stereocenters. The fourth-order valence-electron chi connectivity index (χ4n) is 5.80. The number of carbonyl (C=O) groups is 2. The number of carbonyl (C=O) groups excluding carboxylic acids is 2. The van der Waals surface area contributed by atoms with E-state index in [1.165, 1.54) is 23.1 Å². The van der Waals surface area contributed by atoms with Crippen LogP contribution in [0.2, 0.25) is 10.0 Å². The molecule has 1 N–H and O–H groups in total. The monoisotopic (exact) mass is 755 g/mol. The summed E-state index contributed by atoms with van der Waals surface area (Å²) in [5, 5.41) is 3.36. The average molecular weight is 758 g/mol. The van der Waals surface area contributed by atoms with Crippen LogP contribution in [0, 0.1) is 0 Å². The van der Waals surface area contributed by atoms with Gasteiger partial charge in [0.05, 0.1) is 20.6 Å². The fraction of sp³-hybridized carbons (Fsp3) is 0.278. The Morgan fingerprint density at radius 2 is 1.45 bits per heavy atom. The van der Waals surface area contributed by atoms with E-state index in [2.05, 4.69) is 21.2 Å². The molecule has 0 heterocycles. The highest BCUT2D eigenvalue weighted by molar-refractivity contribution is 9.10. The van der Waals surface area contributed by atoms with Gasteiger partial charge in [-0.2, -0.15) is 0 Å². The van der Waals surface area contributed by atoms with Gasteiger partial charge in [-0.3, -0.25) is 13.9 Å². The number of hydrogen-bond acceptors (Lipinski definition) is 4. The lowest BCUT2D eigenvalue weighted by atomic mass is 9.94. The lowest BCUT2D eigenvalue weighted by molar-refractivity contribution is -0.140. The van der Waals surface area contributed by atoms with Gasteiger partial charge in [-0.1, -0.05) is 125 Å². The Morgan fingerprint density at radius 3 is 2.11 bits per heavy atom. The molecule has 4 aromatic carbocycles. The molecule has 1 saturated carbocycles. The third kappa shape index (κ3) is 8.96. The Bertz CT molecular complexity index is 1770. The number of nitrogens with one attached hydrogen (secondary N) is 1. The van der Waals surface area contributed by atoms with Crippen LogP contribution in [0.5, 0.6) is 0 Å².